The molecule has 0 amide bonds. The fourth-order valence-electron chi connectivity index (χ4n) is 9.19. The lowest BCUT2D eigenvalue weighted by Gasteiger charge is -2.26. The average Bonchev–Trinajstić information content (AvgIpc) is 3.94. The highest BCUT2D eigenvalue weighted by Gasteiger charge is 2.18. The van der Waals surface area contributed by atoms with Gasteiger partial charge in [-0.25, -0.2) is 0 Å². The lowest BCUT2D eigenvalue weighted by molar-refractivity contribution is 0.670. The van der Waals surface area contributed by atoms with Gasteiger partial charge < -0.3 is 13.7 Å². The van der Waals surface area contributed by atoms with Gasteiger partial charge in [0.2, 0.25) is 0 Å². The van der Waals surface area contributed by atoms with Crippen molar-refractivity contribution in [2.45, 2.75) is 0 Å². The van der Waals surface area contributed by atoms with Crippen LogP contribution in [0.2, 0.25) is 0 Å². The number of nitrogens with zero attached hydrogens (tertiary/aromatic N) is 1. The summed E-state index contributed by atoms with van der Waals surface area (Å²) in [5, 5.41) is 4.45. The van der Waals surface area contributed by atoms with Crippen LogP contribution >= 0.6 is 0 Å². The van der Waals surface area contributed by atoms with Gasteiger partial charge in [0.25, 0.3) is 0 Å². The van der Waals surface area contributed by atoms with E-state index >= 15 is 0 Å². The van der Waals surface area contributed by atoms with Crippen LogP contribution in [0.25, 0.3) is 99.5 Å². The van der Waals surface area contributed by atoms with Gasteiger partial charge in [-0.3, -0.25) is 0 Å². The summed E-state index contributed by atoms with van der Waals surface area (Å²) in [7, 11) is 0. The summed E-state index contributed by atoms with van der Waals surface area (Å²) in [5.74, 6) is 0. The van der Waals surface area contributed by atoms with E-state index in [1.807, 2.05) is 24.3 Å². The minimum absolute atomic E-state index is 0.886. The van der Waals surface area contributed by atoms with E-state index in [1.54, 1.807) is 0 Å². The first kappa shape index (κ1) is 36.5. The molecule has 12 aromatic rings. The monoisotopic (exact) mass is 805 g/mol. The molecule has 0 atom stereocenters. The van der Waals surface area contributed by atoms with Gasteiger partial charge in [-0.1, -0.05) is 170 Å². The molecule has 0 unspecified atom stereocenters. The highest BCUT2D eigenvalue weighted by atomic mass is 16.3. The van der Waals surface area contributed by atoms with Gasteiger partial charge in [-0.2, -0.15) is 0 Å². The molecule has 10 aromatic carbocycles. The Morgan fingerprint density at radius 3 is 1.22 bits per heavy atom. The van der Waals surface area contributed by atoms with Gasteiger partial charge >= 0.3 is 0 Å². The first-order valence-corrected chi connectivity index (χ1v) is 21.4. The van der Waals surface area contributed by atoms with E-state index in [-0.39, 0.29) is 0 Å². The molecule has 0 saturated carbocycles. The van der Waals surface area contributed by atoms with Crippen LogP contribution in [-0.2, 0) is 0 Å². The van der Waals surface area contributed by atoms with Gasteiger partial charge in [-0.05, 0) is 111 Å². The van der Waals surface area contributed by atoms with Crippen molar-refractivity contribution in [3.8, 4) is 55.6 Å². The third-order valence-corrected chi connectivity index (χ3v) is 12.3. The fourth-order valence-corrected chi connectivity index (χ4v) is 9.19. The van der Waals surface area contributed by atoms with E-state index in [0.29, 0.717) is 0 Å². The van der Waals surface area contributed by atoms with Crippen molar-refractivity contribution in [3.05, 3.63) is 237 Å². The van der Waals surface area contributed by atoms with Crippen molar-refractivity contribution in [2.75, 3.05) is 4.90 Å². The molecule has 0 radical (unpaired) electrons. The summed E-state index contributed by atoms with van der Waals surface area (Å²) in [6.07, 6.45) is 0. The maximum absolute atomic E-state index is 6.58. The smallest absolute Gasteiger partial charge is 0.143 e. The van der Waals surface area contributed by atoms with Crippen LogP contribution in [0.15, 0.2) is 245 Å². The molecule has 12 rings (SSSR count). The second kappa shape index (κ2) is 15.3. The largest absolute Gasteiger partial charge is 0.455 e. The SMILES string of the molecule is c1ccc(-c2cccc(N(c3ccccc3)c3ccc(-c4ccc(-c5cc(-c6cccc7c6oc6ccccc67)cc(-c6cccc7c6oc6ccccc67)c5)cc4)cc3)c2)cc1. The van der Waals surface area contributed by atoms with Crippen molar-refractivity contribution in [2.24, 2.45) is 0 Å². The Bertz CT molecular complexity index is 3470. The zero-order valence-corrected chi connectivity index (χ0v) is 34.3. The van der Waals surface area contributed by atoms with E-state index in [2.05, 4.69) is 217 Å². The molecule has 2 heterocycles. The minimum atomic E-state index is 0.886. The number of para-hydroxylation sites is 5. The molecule has 0 aliphatic heterocycles. The zero-order chi connectivity index (χ0) is 41.7. The van der Waals surface area contributed by atoms with E-state index in [0.717, 1.165) is 105 Å². The maximum Gasteiger partial charge on any atom is 0.143 e. The summed E-state index contributed by atoms with van der Waals surface area (Å²) < 4.78 is 13.2. The molecule has 3 heteroatoms. The molecule has 0 aliphatic carbocycles. The molecular formula is C60H39NO2. The van der Waals surface area contributed by atoms with E-state index in [4.69, 9.17) is 8.83 Å². The van der Waals surface area contributed by atoms with Crippen molar-refractivity contribution in [1.29, 1.82) is 0 Å². The highest BCUT2D eigenvalue weighted by molar-refractivity contribution is 6.11. The molecule has 3 nitrogen and oxygen atoms in total. The summed E-state index contributed by atoms with van der Waals surface area (Å²) >= 11 is 0. The zero-order valence-electron chi connectivity index (χ0n) is 34.3. The summed E-state index contributed by atoms with van der Waals surface area (Å²) in [5.41, 5.74) is 18.0. The van der Waals surface area contributed by atoms with Crippen molar-refractivity contribution in [3.63, 3.8) is 0 Å². The Labute approximate surface area is 365 Å². The van der Waals surface area contributed by atoms with E-state index in [1.165, 1.54) is 11.1 Å². The fraction of sp³-hybridized carbons (Fsp3) is 0. The molecule has 0 aliphatic rings. The number of benzene rings is 10. The van der Waals surface area contributed by atoms with Gasteiger partial charge in [0, 0.05) is 49.7 Å². The predicted octanol–water partition coefficient (Wildman–Crippen LogP) is 17.3. The minimum Gasteiger partial charge on any atom is -0.455 e. The van der Waals surface area contributed by atoms with Gasteiger partial charge in [0.15, 0.2) is 0 Å². The Kier molecular flexibility index (Phi) is 8.83. The standard InChI is InChI=1S/C60H39NO2/c1-3-14-40(15-4-1)44-16-11-19-50(39-44)61(48-17-5-2-6-18-48)49-34-32-42(33-35-49)41-28-30-43(31-29-41)45-36-46(51-22-12-24-55-53-20-7-9-26-57(53)62-59(51)55)38-47(37-45)52-23-13-25-56-54-21-8-10-27-58(54)63-60(52)56/h1-39H. The molecule has 0 spiro atoms. The normalized spacial score (nSPS) is 11.5. The molecule has 2 aromatic heterocycles. The summed E-state index contributed by atoms with van der Waals surface area (Å²) in [6.45, 7) is 0. The Morgan fingerprint density at radius 1 is 0.238 bits per heavy atom. The number of fused-ring (bicyclic) bond motifs is 6. The second-order valence-electron chi connectivity index (χ2n) is 16.1. The highest BCUT2D eigenvalue weighted by Crippen LogP contribution is 2.43. The number of hydrogen-bond donors (Lipinski definition) is 0. The van der Waals surface area contributed by atoms with Gasteiger partial charge in [-0.15, -0.1) is 0 Å². The number of anilines is 3. The molecule has 0 saturated heterocycles. The molecule has 0 bridgehead atoms. The van der Waals surface area contributed by atoms with E-state index < -0.39 is 0 Å². The Balaban J connectivity index is 0.933. The van der Waals surface area contributed by atoms with Crippen molar-refractivity contribution < 1.29 is 8.83 Å². The third-order valence-electron chi connectivity index (χ3n) is 12.3. The maximum atomic E-state index is 6.58. The molecule has 296 valence electrons. The quantitative estimate of drug-likeness (QED) is 0.153. The second-order valence-corrected chi connectivity index (χ2v) is 16.1. The first-order chi connectivity index (χ1) is 31.2. The van der Waals surface area contributed by atoms with Crippen LogP contribution in [0, 0.1) is 0 Å². The Hall–Kier alpha value is -8.40. The van der Waals surface area contributed by atoms with Crippen LogP contribution in [0.4, 0.5) is 17.1 Å². The van der Waals surface area contributed by atoms with Crippen molar-refractivity contribution >= 4 is 60.9 Å². The summed E-state index contributed by atoms with van der Waals surface area (Å²) in [4.78, 5) is 2.32. The molecule has 0 fully saturated rings. The van der Waals surface area contributed by atoms with Gasteiger partial charge in [0.1, 0.15) is 22.3 Å². The first-order valence-electron chi connectivity index (χ1n) is 21.4. The van der Waals surface area contributed by atoms with Crippen LogP contribution in [0.3, 0.4) is 0 Å². The van der Waals surface area contributed by atoms with Crippen LogP contribution in [-0.4, -0.2) is 0 Å². The predicted molar refractivity (Wildman–Crippen MR) is 263 cm³/mol. The van der Waals surface area contributed by atoms with Crippen LogP contribution in [0.1, 0.15) is 0 Å². The summed E-state index contributed by atoms with van der Waals surface area (Å²) in [6, 6.07) is 84.0. The number of furan rings is 2. The topological polar surface area (TPSA) is 29.5 Å². The molecule has 63 heavy (non-hydrogen) atoms. The third kappa shape index (κ3) is 6.55. The number of rotatable bonds is 8. The van der Waals surface area contributed by atoms with Gasteiger partial charge in [0.05, 0.1) is 0 Å². The lowest BCUT2D eigenvalue weighted by Crippen LogP contribution is -2.09. The van der Waals surface area contributed by atoms with E-state index in [9.17, 15) is 0 Å². The Morgan fingerprint density at radius 2 is 0.635 bits per heavy atom. The molecule has 0 N–H and O–H groups in total. The average molecular weight is 806 g/mol. The van der Waals surface area contributed by atoms with Crippen molar-refractivity contribution in [1.82, 2.24) is 0 Å². The van der Waals surface area contributed by atoms with Crippen LogP contribution < -0.4 is 4.90 Å². The number of hydrogen-bond acceptors (Lipinski definition) is 3. The molecular weight excluding hydrogens is 767 g/mol. The lowest BCUT2D eigenvalue weighted by atomic mass is 9.91. The van der Waals surface area contributed by atoms with Crippen LogP contribution in [0.5, 0.6) is 0 Å².